The van der Waals surface area contributed by atoms with E-state index in [-0.39, 0.29) is 93.9 Å². The number of nitrogens with zero attached hydrogens (tertiary/aromatic N) is 8. The van der Waals surface area contributed by atoms with Crippen LogP contribution in [0.4, 0.5) is 55.8 Å². The highest BCUT2D eigenvalue weighted by atomic mass is 19.1. The zero-order chi connectivity index (χ0) is 90.1. The van der Waals surface area contributed by atoms with E-state index < -0.39 is 0 Å². The standard InChI is InChI=1S/C26H31N5O2.C26H32N4O2.C25H31FN4O.C25H29FN4O/c1-3-16-5-6-19-14-23(32)21(22(19)13-16)11-12-28-26-29-15-17(4-2)25(31-26)30-20-9-7-18(8-10-20)24(27)33;1-5-17-16-28-25(30-24(17)29-20-8-11-23(31)26(2,3)15-20)27-13-12-18-6-7-19-14-21(32-4)9-10-22(18)19;1-4-16-15-28-24(30-23(16)29-20-9-10-22(31)25(2,3)14-20)27-12-11-18-6-5-17-7-8-19(26)13-21(17)18;1-4-16-15-28-24(30-23(16)29-18-9-11-22(31)25(2,3)14-18)27-13-12-17-8-10-20-19(17)6-5-7-21(20)26/h2,5-6,13,15,18,20-21H,3,7-12,14H2,1H3,(H2,27,33)(H2,28,29,30,31);1,6,9-10,14,16,20,23,31H,7-8,11-13,15H2,2-4H3,(H2,27,28,29,30);1,7-8,13,15,18,20,22,31H,5-6,9-12,14H2,2-3H3,(H2,27,28,29,30);1,5-8,15,18,22,31H,9-14H2,2-3H3,(H2,27,28,29,30)/t;20-,23+;18?,20-,22+;18-,22+/m.111/s1. The molecule has 8 aliphatic carbocycles. The molecule has 16 rings (SSSR count). The second kappa shape index (κ2) is 42.1. The molecule has 25 heteroatoms. The number of carbonyl (C=O) groups excluding carboxylic acids is 2. The Bertz CT molecular complexity index is 5500. The van der Waals surface area contributed by atoms with Gasteiger partial charge in [-0.1, -0.05) is 127 Å². The van der Waals surface area contributed by atoms with Crippen molar-refractivity contribution in [1.82, 2.24) is 39.9 Å². The summed E-state index contributed by atoms with van der Waals surface area (Å²) in [6.45, 7) is 17.4. The van der Waals surface area contributed by atoms with Crippen LogP contribution in [0, 0.1) is 83.2 Å². The van der Waals surface area contributed by atoms with Gasteiger partial charge in [-0.15, -0.1) is 25.7 Å². The van der Waals surface area contributed by atoms with Gasteiger partial charge in [-0.25, -0.2) is 28.7 Å². The van der Waals surface area contributed by atoms with E-state index in [9.17, 15) is 33.7 Å². The zero-order valence-electron chi connectivity index (χ0n) is 74.5. The summed E-state index contributed by atoms with van der Waals surface area (Å²) in [5.41, 5.74) is 20.3. The van der Waals surface area contributed by atoms with Gasteiger partial charge in [-0.3, -0.25) is 9.59 Å². The Balaban J connectivity index is 0.000000145. The molecule has 4 aromatic heterocycles. The molecule has 4 saturated carbocycles. The number of carbonyl (C=O) groups is 2. The van der Waals surface area contributed by atoms with E-state index in [1.165, 1.54) is 39.5 Å². The molecule has 0 aliphatic heterocycles. The molecular formula is C102H123F2N17O6. The quantitative estimate of drug-likeness (QED) is 0.0213. The molecule has 2 unspecified atom stereocenters. The smallest absolute Gasteiger partial charge is 0.224 e. The number of aliphatic hydroxyl groups excluding tert-OH is 3. The maximum absolute atomic E-state index is 13.9. The Morgan fingerprint density at radius 3 is 1.46 bits per heavy atom. The number of anilines is 8. The molecule has 4 heterocycles. The van der Waals surface area contributed by atoms with Gasteiger partial charge in [0, 0.05) is 68.6 Å². The highest BCUT2D eigenvalue weighted by Crippen LogP contribution is 2.43. The van der Waals surface area contributed by atoms with E-state index in [4.69, 9.17) is 36.2 Å². The first-order valence-corrected chi connectivity index (χ1v) is 45.1. The molecule has 23 nitrogen and oxygen atoms in total. The lowest BCUT2D eigenvalue weighted by molar-refractivity contribution is -0.122. The molecule has 127 heavy (non-hydrogen) atoms. The topological polar surface area (TPSA) is 329 Å². The van der Waals surface area contributed by atoms with Crippen LogP contribution in [0.2, 0.25) is 0 Å². The van der Waals surface area contributed by atoms with E-state index in [1.54, 1.807) is 50.1 Å². The number of ether oxygens (including phenoxy) is 1. The van der Waals surface area contributed by atoms with Crippen molar-refractivity contribution in [3.8, 4) is 55.1 Å². The van der Waals surface area contributed by atoms with Gasteiger partial charge >= 0.3 is 0 Å². The lowest BCUT2D eigenvalue weighted by atomic mass is 9.73. The lowest BCUT2D eigenvalue weighted by Crippen LogP contribution is -2.41. The van der Waals surface area contributed by atoms with Crippen LogP contribution in [-0.2, 0) is 41.7 Å². The number of hydrogen-bond donors (Lipinski definition) is 12. The number of nitrogens with two attached hydrogens (primary N) is 1. The molecule has 4 aromatic carbocycles. The minimum Gasteiger partial charge on any atom is -0.497 e. The number of hydrogen-bond acceptors (Lipinski definition) is 22. The largest absolute Gasteiger partial charge is 0.497 e. The monoisotopic (exact) mass is 1720 g/mol. The molecule has 0 saturated heterocycles. The Labute approximate surface area is 747 Å². The van der Waals surface area contributed by atoms with E-state index >= 15 is 0 Å². The number of rotatable bonds is 27. The van der Waals surface area contributed by atoms with Gasteiger partial charge in [0.05, 0.1) is 72.5 Å². The first-order chi connectivity index (χ1) is 61.1. The fourth-order valence-corrected chi connectivity index (χ4v) is 19.1. The van der Waals surface area contributed by atoms with Crippen LogP contribution < -0.4 is 53.0 Å². The summed E-state index contributed by atoms with van der Waals surface area (Å²) in [4.78, 5) is 59.9. The predicted octanol–water partition coefficient (Wildman–Crippen LogP) is 16.3. The summed E-state index contributed by atoms with van der Waals surface area (Å²) < 4.78 is 32.9. The third kappa shape index (κ3) is 23.6. The third-order valence-corrected chi connectivity index (χ3v) is 26.8. The van der Waals surface area contributed by atoms with Gasteiger partial charge in [0.2, 0.25) is 29.7 Å². The number of aryl methyl sites for hydroxylation is 2. The minimum absolute atomic E-state index is 0.0467. The van der Waals surface area contributed by atoms with Crippen molar-refractivity contribution in [2.45, 2.75) is 250 Å². The zero-order valence-corrected chi connectivity index (χ0v) is 74.5. The van der Waals surface area contributed by atoms with Gasteiger partial charge in [-0.05, 0) is 255 Å². The highest BCUT2D eigenvalue weighted by Gasteiger charge is 2.40. The fraction of sp³-hybridized carbons (Fsp3) is 0.471. The number of terminal acetylenes is 4. The number of nitrogens with one attached hydrogen (secondary N) is 8. The van der Waals surface area contributed by atoms with Gasteiger partial charge in [0.1, 0.15) is 46.4 Å². The molecule has 0 radical (unpaired) electrons. The van der Waals surface area contributed by atoms with Crippen LogP contribution >= 0.6 is 0 Å². The number of allylic oxidation sites excluding steroid dienone is 2. The second-order valence-electron chi connectivity index (χ2n) is 37.0. The van der Waals surface area contributed by atoms with Crippen LogP contribution in [0.15, 0.2) is 110 Å². The van der Waals surface area contributed by atoms with Gasteiger partial charge < -0.3 is 68.3 Å². The van der Waals surface area contributed by atoms with Crippen molar-refractivity contribution < 1.29 is 38.4 Å². The number of primary amides is 1. The van der Waals surface area contributed by atoms with Crippen LogP contribution in [0.5, 0.6) is 5.75 Å². The summed E-state index contributed by atoms with van der Waals surface area (Å²) in [5, 5.41) is 57.7. The number of benzene rings is 4. The van der Waals surface area contributed by atoms with Crippen LogP contribution in [-0.4, -0.2) is 143 Å². The Morgan fingerprint density at radius 1 is 0.520 bits per heavy atom. The normalized spacial score (nSPS) is 22.3. The van der Waals surface area contributed by atoms with Gasteiger partial charge in [0.15, 0.2) is 0 Å². The Morgan fingerprint density at radius 2 is 0.984 bits per heavy atom. The second-order valence-corrected chi connectivity index (χ2v) is 37.0. The average molecular weight is 1720 g/mol. The summed E-state index contributed by atoms with van der Waals surface area (Å²) in [7, 11) is 1.70. The van der Waals surface area contributed by atoms with E-state index in [1.807, 2.05) is 18.2 Å². The minimum atomic E-state index is -0.288. The third-order valence-electron chi connectivity index (χ3n) is 26.8. The lowest BCUT2D eigenvalue weighted by Gasteiger charge is -2.40. The molecule has 1 amide bonds. The molecule has 0 bridgehead atoms. The van der Waals surface area contributed by atoms with Crippen molar-refractivity contribution in [3.05, 3.63) is 194 Å². The highest BCUT2D eigenvalue weighted by molar-refractivity contribution is 5.92. The van der Waals surface area contributed by atoms with E-state index in [0.717, 1.165) is 169 Å². The fourth-order valence-electron chi connectivity index (χ4n) is 19.1. The molecule has 666 valence electrons. The number of halogens is 2. The molecule has 8 atom stereocenters. The molecule has 0 spiro atoms. The number of aromatic nitrogens is 8. The SMILES string of the molecule is C#Cc1cnc(NCCC2=CCc3c(F)cccc32)nc1N[C@@H]1CC[C@H](O)C(C)(C)C1.C#Cc1cnc(NCCC2=CCc3cc(OC)ccc32)nc1N[C@@H]1CC[C@H](O)C(C)(C)C1.C#Cc1cnc(NCCC2C(=O)Cc3ccc(CC)cc32)nc1NC1CCC(C(N)=O)CC1.C#Cc1cnc(NCCC2CCc3ccc(F)cc32)nc1N[C@@H]1CC[C@H](O)C(C)(C)C1. The van der Waals surface area contributed by atoms with E-state index in [2.05, 4.69) is 197 Å². The van der Waals surface area contributed by atoms with Crippen molar-refractivity contribution >= 4 is 69.9 Å². The molecule has 8 aliphatic rings. The first kappa shape index (κ1) is 92.7. The summed E-state index contributed by atoms with van der Waals surface area (Å²) >= 11 is 0. The number of amides is 1. The van der Waals surface area contributed by atoms with Crippen molar-refractivity contribution in [3.63, 3.8) is 0 Å². The van der Waals surface area contributed by atoms with Crippen molar-refractivity contribution in [1.29, 1.82) is 0 Å². The number of aliphatic hydroxyl groups is 3. The van der Waals surface area contributed by atoms with Crippen molar-refractivity contribution in [2.24, 2.45) is 27.9 Å². The van der Waals surface area contributed by atoms with Gasteiger partial charge in [-0.2, -0.15) is 19.9 Å². The average Bonchev–Trinajstić information content (AvgIpc) is 1.78. The van der Waals surface area contributed by atoms with Gasteiger partial charge in [0.25, 0.3) is 0 Å². The Hall–Kier alpha value is -12.0. The molecule has 13 N–H and O–H groups in total. The van der Waals surface area contributed by atoms with Crippen molar-refractivity contribution in [2.75, 3.05) is 75.8 Å². The Kier molecular flexibility index (Phi) is 30.7. The summed E-state index contributed by atoms with van der Waals surface area (Å²) in [5.74, 6) is 16.2. The molecule has 4 fully saturated rings. The number of ketones is 1. The van der Waals surface area contributed by atoms with Crippen LogP contribution in [0.1, 0.15) is 248 Å². The number of Topliss-reactive ketones (excluding diaryl/α,β-unsaturated/α-hetero) is 1. The van der Waals surface area contributed by atoms with E-state index in [0.29, 0.717) is 114 Å². The predicted molar refractivity (Wildman–Crippen MR) is 501 cm³/mol. The first-order valence-electron chi connectivity index (χ1n) is 45.1. The number of methoxy groups -OCH3 is 1. The number of fused-ring (bicyclic) bond motifs is 4. The maximum Gasteiger partial charge on any atom is 0.224 e. The maximum atomic E-state index is 13.9. The molecular weight excluding hydrogens is 1600 g/mol. The summed E-state index contributed by atoms with van der Waals surface area (Å²) in [6, 6.07) is 23.8. The van der Waals surface area contributed by atoms with Crippen LogP contribution in [0.3, 0.4) is 0 Å². The summed E-state index contributed by atoms with van der Waals surface area (Å²) in [6.07, 6.45) is 51.9. The molecule has 8 aromatic rings. The van der Waals surface area contributed by atoms with Crippen LogP contribution in [0.25, 0.3) is 11.1 Å².